The fraction of sp³-hybridized carbons (Fsp3) is 0.611. The van der Waals surface area contributed by atoms with Crippen LogP contribution in [0, 0.1) is 12.8 Å². The third kappa shape index (κ3) is 4.89. The molecule has 6 heteroatoms. The monoisotopic (exact) mass is 349 g/mol. The van der Waals surface area contributed by atoms with Crippen molar-refractivity contribution >= 4 is 11.3 Å². The molecule has 3 rings (SSSR count). The van der Waals surface area contributed by atoms with Crippen molar-refractivity contribution in [2.75, 3.05) is 26.2 Å². The molecule has 1 aliphatic heterocycles. The number of nitrogens with one attached hydrogen (secondary N) is 1. The number of hydrogen-bond donors (Lipinski definition) is 2. The van der Waals surface area contributed by atoms with Gasteiger partial charge >= 0.3 is 0 Å². The summed E-state index contributed by atoms with van der Waals surface area (Å²) in [5.74, 6) is 2.55. The number of likely N-dealkylation sites (tertiary alicyclic amines) is 1. The van der Waals surface area contributed by atoms with Crippen LogP contribution in [-0.2, 0) is 6.54 Å². The Bertz CT molecular complexity index is 632. The van der Waals surface area contributed by atoms with E-state index in [9.17, 15) is 5.11 Å². The first-order valence-electron chi connectivity index (χ1n) is 8.73. The number of piperidine rings is 1. The summed E-state index contributed by atoms with van der Waals surface area (Å²) >= 11 is 1.63. The highest BCUT2D eigenvalue weighted by Crippen LogP contribution is 2.26. The van der Waals surface area contributed by atoms with Crippen molar-refractivity contribution in [3.8, 4) is 10.8 Å². The fourth-order valence-electron chi connectivity index (χ4n) is 3.02. The van der Waals surface area contributed by atoms with E-state index in [0.717, 1.165) is 53.5 Å². The Hall–Kier alpha value is -1.21. The maximum Gasteiger partial charge on any atom is 0.162 e. The second-order valence-corrected chi connectivity index (χ2v) is 7.93. The zero-order valence-electron chi connectivity index (χ0n) is 14.5. The Balaban J connectivity index is 1.39. The number of aryl methyl sites for hydroxylation is 1. The molecule has 0 spiro atoms. The molecule has 1 saturated heterocycles. The van der Waals surface area contributed by atoms with Crippen LogP contribution in [-0.4, -0.2) is 47.3 Å². The molecule has 24 heavy (non-hydrogen) atoms. The largest absolute Gasteiger partial charge is 0.459 e. The second-order valence-electron chi connectivity index (χ2n) is 6.81. The lowest BCUT2D eigenvalue weighted by atomic mass is 9.99. The minimum atomic E-state index is -0.321. The lowest BCUT2D eigenvalue weighted by Crippen LogP contribution is -2.41. The van der Waals surface area contributed by atoms with Crippen molar-refractivity contribution < 1.29 is 9.52 Å². The maximum atomic E-state index is 10.2. The molecule has 0 radical (unpaired) electrons. The van der Waals surface area contributed by atoms with E-state index in [1.165, 1.54) is 12.8 Å². The van der Waals surface area contributed by atoms with Gasteiger partial charge in [0.15, 0.2) is 10.8 Å². The SMILES string of the molecule is Cc1ccc(-c2ncc(CNCC(O)CN3CCC(C)CC3)s2)o1. The van der Waals surface area contributed by atoms with E-state index in [1.54, 1.807) is 11.3 Å². The van der Waals surface area contributed by atoms with Crippen LogP contribution in [0.25, 0.3) is 10.8 Å². The summed E-state index contributed by atoms with van der Waals surface area (Å²) in [5, 5.41) is 14.4. The lowest BCUT2D eigenvalue weighted by molar-refractivity contribution is 0.0907. The predicted molar refractivity (Wildman–Crippen MR) is 97.1 cm³/mol. The molecule has 2 aromatic rings. The summed E-state index contributed by atoms with van der Waals surface area (Å²) in [6.07, 6.45) is 4.05. The second kappa shape index (κ2) is 8.25. The number of rotatable bonds is 7. The number of aliphatic hydroxyl groups is 1. The highest BCUT2D eigenvalue weighted by atomic mass is 32.1. The van der Waals surface area contributed by atoms with Crippen LogP contribution in [0.5, 0.6) is 0 Å². The molecule has 1 atom stereocenters. The minimum absolute atomic E-state index is 0.321. The number of furan rings is 1. The molecule has 1 fully saturated rings. The zero-order chi connectivity index (χ0) is 16.9. The summed E-state index contributed by atoms with van der Waals surface area (Å²) in [6.45, 7) is 8.56. The molecular formula is C18H27N3O2S. The van der Waals surface area contributed by atoms with Crippen molar-refractivity contribution in [1.82, 2.24) is 15.2 Å². The van der Waals surface area contributed by atoms with Crippen molar-refractivity contribution in [2.24, 2.45) is 5.92 Å². The van der Waals surface area contributed by atoms with Crippen LogP contribution >= 0.6 is 11.3 Å². The van der Waals surface area contributed by atoms with E-state index in [2.05, 4.69) is 22.1 Å². The third-order valence-corrected chi connectivity index (χ3v) is 5.54. The molecule has 0 aliphatic carbocycles. The normalized spacial score (nSPS) is 18.1. The van der Waals surface area contributed by atoms with E-state index in [1.807, 2.05) is 25.3 Å². The average Bonchev–Trinajstić information content (AvgIpc) is 3.18. The first-order chi connectivity index (χ1) is 11.6. The van der Waals surface area contributed by atoms with Crippen molar-refractivity contribution in [1.29, 1.82) is 0 Å². The molecule has 2 aromatic heterocycles. The average molecular weight is 350 g/mol. The molecule has 1 unspecified atom stereocenters. The van der Waals surface area contributed by atoms with Crippen LogP contribution in [0.2, 0.25) is 0 Å². The first kappa shape index (κ1) is 17.6. The Kier molecular flexibility index (Phi) is 6.05. The van der Waals surface area contributed by atoms with Gasteiger partial charge in [-0.1, -0.05) is 6.92 Å². The summed E-state index contributed by atoms with van der Waals surface area (Å²) in [5.41, 5.74) is 0. The molecule has 0 aromatic carbocycles. The topological polar surface area (TPSA) is 61.5 Å². The Morgan fingerprint density at radius 3 is 2.92 bits per heavy atom. The molecule has 0 bridgehead atoms. The van der Waals surface area contributed by atoms with Gasteiger partial charge in [0.2, 0.25) is 0 Å². The lowest BCUT2D eigenvalue weighted by Gasteiger charge is -2.31. The molecule has 0 saturated carbocycles. The van der Waals surface area contributed by atoms with E-state index >= 15 is 0 Å². The number of nitrogens with zero attached hydrogens (tertiary/aromatic N) is 2. The van der Waals surface area contributed by atoms with Crippen LogP contribution in [0.15, 0.2) is 22.7 Å². The maximum absolute atomic E-state index is 10.2. The Labute approximate surface area is 147 Å². The van der Waals surface area contributed by atoms with E-state index in [0.29, 0.717) is 6.54 Å². The van der Waals surface area contributed by atoms with Gasteiger partial charge in [0, 0.05) is 30.7 Å². The number of aliphatic hydroxyl groups excluding tert-OH is 1. The van der Waals surface area contributed by atoms with Gasteiger partial charge in [0.05, 0.1) is 6.10 Å². The van der Waals surface area contributed by atoms with Crippen LogP contribution in [0.4, 0.5) is 0 Å². The summed E-state index contributed by atoms with van der Waals surface area (Å²) in [7, 11) is 0. The number of β-amino-alcohol motifs (C(OH)–C–C–N with tert-alkyl or cyclic N) is 1. The van der Waals surface area contributed by atoms with Crippen molar-refractivity contribution in [3.63, 3.8) is 0 Å². The Morgan fingerprint density at radius 1 is 1.42 bits per heavy atom. The van der Waals surface area contributed by atoms with Gasteiger partial charge in [0.1, 0.15) is 5.76 Å². The number of hydrogen-bond acceptors (Lipinski definition) is 6. The Morgan fingerprint density at radius 2 is 2.21 bits per heavy atom. The van der Waals surface area contributed by atoms with Crippen LogP contribution in [0.1, 0.15) is 30.4 Å². The van der Waals surface area contributed by atoms with Gasteiger partial charge in [-0.15, -0.1) is 11.3 Å². The van der Waals surface area contributed by atoms with E-state index in [4.69, 9.17) is 4.42 Å². The standard InChI is InChI=1S/C18H27N3O2S/c1-13-5-7-21(8-6-13)12-15(22)9-19-10-16-11-20-18(24-16)17-4-3-14(2)23-17/h3-4,11,13,15,19,22H,5-10,12H2,1-2H3. The molecule has 0 amide bonds. The molecule has 2 N–H and O–H groups in total. The van der Waals surface area contributed by atoms with Gasteiger partial charge in [-0.3, -0.25) is 0 Å². The first-order valence-corrected chi connectivity index (χ1v) is 9.54. The van der Waals surface area contributed by atoms with Gasteiger partial charge < -0.3 is 19.7 Å². The van der Waals surface area contributed by atoms with E-state index < -0.39 is 0 Å². The van der Waals surface area contributed by atoms with Gasteiger partial charge in [-0.2, -0.15) is 0 Å². The van der Waals surface area contributed by atoms with Gasteiger partial charge in [0.25, 0.3) is 0 Å². The summed E-state index contributed by atoms with van der Waals surface area (Å²) < 4.78 is 5.60. The quantitative estimate of drug-likeness (QED) is 0.805. The highest BCUT2D eigenvalue weighted by molar-refractivity contribution is 7.14. The molecular weight excluding hydrogens is 322 g/mol. The fourth-order valence-corrected chi connectivity index (χ4v) is 3.87. The predicted octanol–water partition coefficient (Wildman–Crippen LogP) is 2.89. The highest BCUT2D eigenvalue weighted by Gasteiger charge is 2.18. The molecule has 3 heterocycles. The van der Waals surface area contributed by atoms with E-state index in [-0.39, 0.29) is 6.10 Å². The van der Waals surface area contributed by atoms with Gasteiger partial charge in [-0.05, 0) is 50.9 Å². The molecule has 132 valence electrons. The number of aromatic nitrogens is 1. The summed E-state index contributed by atoms with van der Waals surface area (Å²) in [6, 6.07) is 3.90. The third-order valence-electron chi connectivity index (χ3n) is 4.53. The molecule has 5 nitrogen and oxygen atoms in total. The smallest absolute Gasteiger partial charge is 0.162 e. The zero-order valence-corrected chi connectivity index (χ0v) is 15.3. The molecule has 1 aliphatic rings. The minimum Gasteiger partial charge on any atom is -0.459 e. The van der Waals surface area contributed by atoms with Crippen molar-refractivity contribution in [3.05, 3.63) is 29.0 Å². The van der Waals surface area contributed by atoms with Crippen LogP contribution < -0.4 is 5.32 Å². The van der Waals surface area contributed by atoms with Gasteiger partial charge in [-0.25, -0.2) is 4.98 Å². The van der Waals surface area contributed by atoms with Crippen LogP contribution in [0.3, 0.4) is 0 Å². The summed E-state index contributed by atoms with van der Waals surface area (Å²) in [4.78, 5) is 7.93. The number of thiazole rings is 1. The van der Waals surface area contributed by atoms with Crippen molar-refractivity contribution in [2.45, 2.75) is 39.3 Å².